The smallest absolute Gasteiger partial charge is 0.258 e. The molecule has 1 aromatic heterocycles. The van der Waals surface area contributed by atoms with E-state index >= 15 is 0 Å². The second-order valence-electron chi connectivity index (χ2n) is 6.12. The average molecular weight is 309 g/mol. The Kier molecular flexibility index (Phi) is 6.40. The molecule has 0 N–H and O–H groups in total. The summed E-state index contributed by atoms with van der Waals surface area (Å²) in [6.45, 7) is 7.03. The first-order chi connectivity index (χ1) is 11.2. The zero-order valence-corrected chi connectivity index (χ0v) is 14.5. The summed E-state index contributed by atoms with van der Waals surface area (Å²) in [4.78, 5) is 12.9. The van der Waals surface area contributed by atoms with Crippen molar-refractivity contribution in [1.29, 1.82) is 0 Å². The minimum atomic E-state index is 0.121. The lowest BCUT2D eigenvalue weighted by atomic mass is 9.99. The predicted octanol–water partition coefficient (Wildman–Crippen LogP) is 5.19. The summed E-state index contributed by atoms with van der Waals surface area (Å²) in [7, 11) is 0. The van der Waals surface area contributed by atoms with E-state index in [4.69, 9.17) is 0 Å². The first-order valence-corrected chi connectivity index (χ1v) is 8.60. The fourth-order valence-corrected chi connectivity index (χ4v) is 2.85. The van der Waals surface area contributed by atoms with Crippen LogP contribution in [0, 0.1) is 6.92 Å². The van der Waals surface area contributed by atoms with Crippen molar-refractivity contribution in [2.45, 2.75) is 53.0 Å². The van der Waals surface area contributed by atoms with E-state index < -0.39 is 0 Å². The number of rotatable bonds is 7. The summed E-state index contributed by atoms with van der Waals surface area (Å²) in [6.07, 6.45) is 8.36. The molecular formula is C21H27NO. The van der Waals surface area contributed by atoms with Gasteiger partial charge in [-0.1, -0.05) is 63.1 Å². The molecule has 1 aromatic carbocycles. The zero-order valence-electron chi connectivity index (χ0n) is 14.5. The van der Waals surface area contributed by atoms with Crippen LogP contribution in [0.25, 0.3) is 5.57 Å². The fraction of sp³-hybridized carbons (Fsp3) is 0.381. The van der Waals surface area contributed by atoms with Crippen molar-refractivity contribution in [3.05, 3.63) is 75.7 Å². The van der Waals surface area contributed by atoms with E-state index in [1.54, 1.807) is 0 Å². The number of aromatic nitrogens is 1. The molecule has 0 amide bonds. The van der Waals surface area contributed by atoms with Crippen LogP contribution < -0.4 is 5.56 Å². The van der Waals surface area contributed by atoms with Gasteiger partial charge in [0.25, 0.3) is 5.56 Å². The van der Waals surface area contributed by atoms with Crippen molar-refractivity contribution in [2.24, 2.45) is 0 Å². The first kappa shape index (κ1) is 17.3. The van der Waals surface area contributed by atoms with Crippen LogP contribution >= 0.6 is 0 Å². The van der Waals surface area contributed by atoms with Gasteiger partial charge in [0.1, 0.15) is 0 Å². The maximum Gasteiger partial charge on any atom is 0.258 e. The largest absolute Gasteiger partial charge is 0.310 e. The topological polar surface area (TPSA) is 22.0 Å². The van der Waals surface area contributed by atoms with Crippen LogP contribution in [0.1, 0.15) is 56.2 Å². The van der Waals surface area contributed by atoms with Crippen LogP contribution in [0.4, 0.5) is 0 Å². The molecule has 2 rings (SSSR count). The van der Waals surface area contributed by atoms with Crippen molar-refractivity contribution in [3.63, 3.8) is 0 Å². The lowest BCUT2D eigenvalue weighted by Gasteiger charge is -2.13. The zero-order chi connectivity index (χ0) is 16.7. The Morgan fingerprint density at radius 1 is 1.13 bits per heavy atom. The van der Waals surface area contributed by atoms with Gasteiger partial charge in [-0.15, -0.1) is 0 Å². The Hall–Kier alpha value is -2.09. The Labute approximate surface area is 139 Å². The van der Waals surface area contributed by atoms with Crippen molar-refractivity contribution >= 4 is 5.57 Å². The second-order valence-corrected chi connectivity index (χ2v) is 6.12. The van der Waals surface area contributed by atoms with E-state index in [2.05, 4.69) is 39.0 Å². The van der Waals surface area contributed by atoms with Gasteiger partial charge in [0.05, 0.1) is 6.54 Å². The third-order valence-corrected chi connectivity index (χ3v) is 3.96. The number of unbranched alkanes of at least 4 members (excludes halogenated alkanes) is 1. The molecule has 0 atom stereocenters. The summed E-state index contributed by atoms with van der Waals surface area (Å²) >= 11 is 0. The lowest BCUT2D eigenvalue weighted by molar-refractivity contribution is 0.749. The van der Waals surface area contributed by atoms with Crippen LogP contribution in [-0.4, -0.2) is 4.57 Å². The molecule has 0 aliphatic carbocycles. The van der Waals surface area contributed by atoms with Gasteiger partial charge in [0, 0.05) is 11.8 Å². The lowest BCUT2D eigenvalue weighted by Crippen LogP contribution is -2.24. The SMILES string of the molecule is CCCC=C(CCC)c1cc(C)cn(Cc2ccccc2)c1=O. The molecule has 23 heavy (non-hydrogen) atoms. The Morgan fingerprint density at radius 2 is 1.87 bits per heavy atom. The van der Waals surface area contributed by atoms with Gasteiger partial charge in [-0.2, -0.15) is 0 Å². The van der Waals surface area contributed by atoms with Gasteiger partial charge in [0.2, 0.25) is 0 Å². The molecule has 0 aliphatic rings. The number of aryl methyl sites for hydroxylation is 1. The molecular weight excluding hydrogens is 282 g/mol. The number of pyridine rings is 1. The van der Waals surface area contributed by atoms with Crippen LogP contribution in [0.5, 0.6) is 0 Å². The van der Waals surface area contributed by atoms with Gasteiger partial charge in [-0.05, 0) is 42.5 Å². The third kappa shape index (κ3) is 4.69. The molecule has 2 heteroatoms. The van der Waals surface area contributed by atoms with E-state index in [9.17, 15) is 4.79 Å². The second kappa shape index (κ2) is 8.52. The molecule has 0 unspecified atom stereocenters. The predicted molar refractivity (Wildman–Crippen MR) is 98.8 cm³/mol. The van der Waals surface area contributed by atoms with Crippen molar-refractivity contribution in [1.82, 2.24) is 4.57 Å². The molecule has 2 nitrogen and oxygen atoms in total. The van der Waals surface area contributed by atoms with E-state index in [0.717, 1.165) is 42.4 Å². The molecule has 0 spiro atoms. The molecule has 122 valence electrons. The van der Waals surface area contributed by atoms with Gasteiger partial charge in [0.15, 0.2) is 0 Å². The molecule has 0 bridgehead atoms. The minimum absolute atomic E-state index is 0.121. The van der Waals surface area contributed by atoms with Crippen LogP contribution in [0.15, 0.2) is 53.5 Å². The number of hydrogen-bond donors (Lipinski definition) is 0. The molecule has 0 saturated carbocycles. The van der Waals surface area contributed by atoms with Crippen LogP contribution in [0.3, 0.4) is 0 Å². The van der Waals surface area contributed by atoms with Crippen molar-refractivity contribution < 1.29 is 0 Å². The highest BCUT2D eigenvalue weighted by atomic mass is 16.1. The summed E-state index contributed by atoms with van der Waals surface area (Å²) in [5.74, 6) is 0. The number of nitrogens with zero attached hydrogens (tertiary/aromatic N) is 1. The maximum absolute atomic E-state index is 12.9. The van der Waals surface area contributed by atoms with Gasteiger partial charge >= 0.3 is 0 Å². The monoisotopic (exact) mass is 309 g/mol. The van der Waals surface area contributed by atoms with E-state index in [1.165, 1.54) is 5.57 Å². The minimum Gasteiger partial charge on any atom is -0.310 e. The Morgan fingerprint density at radius 3 is 2.52 bits per heavy atom. The van der Waals surface area contributed by atoms with Crippen molar-refractivity contribution in [2.75, 3.05) is 0 Å². The standard InChI is InChI=1S/C21H27NO/c1-4-6-13-19(10-5-2)20-14-17(3)15-22(21(20)23)16-18-11-8-7-9-12-18/h7-9,11-15H,4-6,10,16H2,1-3H3. The van der Waals surface area contributed by atoms with Crippen molar-refractivity contribution in [3.8, 4) is 0 Å². The quantitative estimate of drug-likeness (QED) is 0.690. The van der Waals surface area contributed by atoms with Crippen LogP contribution in [0.2, 0.25) is 0 Å². The average Bonchev–Trinajstić information content (AvgIpc) is 2.55. The van der Waals surface area contributed by atoms with Gasteiger partial charge < -0.3 is 4.57 Å². The molecule has 2 aromatic rings. The fourth-order valence-electron chi connectivity index (χ4n) is 2.85. The number of benzene rings is 1. The number of hydrogen-bond acceptors (Lipinski definition) is 1. The molecule has 0 radical (unpaired) electrons. The number of allylic oxidation sites excluding steroid dienone is 2. The van der Waals surface area contributed by atoms with Gasteiger partial charge in [-0.3, -0.25) is 4.79 Å². The molecule has 0 aliphatic heterocycles. The highest BCUT2D eigenvalue weighted by Crippen LogP contribution is 2.19. The molecule has 1 heterocycles. The maximum atomic E-state index is 12.9. The third-order valence-electron chi connectivity index (χ3n) is 3.96. The first-order valence-electron chi connectivity index (χ1n) is 8.60. The molecule has 0 fully saturated rings. The van der Waals surface area contributed by atoms with Gasteiger partial charge in [-0.25, -0.2) is 0 Å². The summed E-state index contributed by atoms with van der Waals surface area (Å²) in [5, 5.41) is 0. The van der Waals surface area contributed by atoms with E-state index in [1.807, 2.05) is 35.0 Å². The molecule has 0 saturated heterocycles. The van der Waals surface area contributed by atoms with Crippen LogP contribution in [-0.2, 0) is 6.54 Å². The summed E-state index contributed by atoms with van der Waals surface area (Å²) in [6, 6.07) is 12.2. The summed E-state index contributed by atoms with van der Waals surface area (Å²) in [5.41, 5.74) is 4.48. The highest BCUT2D eigenvalue weighted by molar-refractivity contribution is 5.65. The normalized spacial score (nSPS) is 11.7. The van der Waals surface area contributed by atoms with E-state index in [-0.39, 0.29) is 5.56 Å². The summed E-state index contributed by atoms with van der Waals surface area (Å²) < 4.78 is 1.84. The highest BCUT2D eigenvalue weighted by Gasteiger charge is 2.10. The Bertz CT molecular complexity index is 710. The Balaban J connectivity index is 2.43. The van der Waals surface area contributed by atoms with E-state index in [0.29, 0.717) is 6.54 Å².